The number of rotatable bonds is 7. The summed E-state index contributed by atoms with van der Waals surface area (Å²) in [5, 5.41) is 3.44. The topological polar surface area (TPSA) is 50.3 Å². The van der Waals surface area contributed by atoms with Crippen LogP contribution in [-0.2, 0) is 11.2 Å². The van der Waals surface area contributed by atoms with E-state index in [1.165, 1.54) is 12.0 Å². The lowest BCUT2D eigenvalue weighted by Crippen LogP contribution is -2.24. The Morgan fingerprint density at radius 1 is 1.33 bits per heavy atom. The van der Waals surface area contributed by atoms with Gasteiger partial charge in [-0.1, -0.05) is 13.8 Å². The minimum Gasteiger partial charge on any atom is -0.384 e. The summed E-state index contributed by atoms with van der Waals surface area (Å²) < 4.78 is 5.29. The van der Waals surface area contributed by atoms with E-state index in [2.05, 4.69) is 36.0 Å². The van der Waals surface area contributed by atoms with E-state index < -0.39 is 0 Å². The fourth-order valence-electron chi connectivity index (χ4n) is 2.83. The Morgan fingerprint density at radius 3 is 2.81 bits per heavy atom. The lowest BCUT2D eigenvalue weighted by molar-refractivity contribution is 0.161. The van der Waals surface area contributed by atoms with Crippen molar-refractivity contribution in [2.45, 2.75) is 40.0 Å². The third-order valence-corrected chi connectivity index (χ3v) is 4.01. The molecule has 1 unspecified atom stereocenters. The SMILES string of the molecule is CCCNc1nc(CC)nc(N2CCC(COC)C2)c1C. The molecule has 0 saturated carbocycles. The van der Waals surface area contributed by atoms with Crippen molar-refractivity contribution in [2.75, 3.05) is 43.6 Å². The summed E-state index contributed by atoms with van der Waals surface area (Å²) in [7, 11) is 1.78. The molecule has 1 aromatic rings. The van der Waals surface area contributed by atoms with Gasteiger partial charge in [-0.2, -0.15) is 0 Å². The number of ether oxygens (including phenoxy) is 1. The first-order valence-corrected chi connectivity index (χ1v) is 8.04. The number of hydrogen-bond donors (Lipinski definition) is 1. The van der Waals surface area contributed by atoms with E-state index in [4.69, 9.17) is 9.72 Å². The van der Waals surface area contributed by atoms with Crippen molar-refractivity contribution < 1.29 is 4.74 Å². The Morgan fingerprint density at radius 2 is 2.14 bits per heavy atom. The molecule has 5 nitrogen and oxygen atoms in total. The van der Waals surface area contributed by atoms with E-state index >= 15 is 0 Å². The number of nitrogens with zero attached hydrogens (tertiary/aromatic N) is 3. The van der Waals surface area contributed by atoms with Gasteiger partial charge in [-0.25, -0.2) is 9.97 Å². The van der Waals surface area contributed by atoms with Crippen LogP contribution in [-0.4, -0.2) is 43.3 Å². The molecule has 2 heterocycles. The molecule has 1 N–H and O–H groups in total. The van der Waals surface area contributed by atoms with Crippen LogP contribution in [0.5, 0.6) is 0 Å². The molecule has 0 aliphatic carbocycles. The van der Waals surface area contributed by atoms with Gasteiger partial charge in [-0.3, -0.25) is 0 Å². The van der Waals surface area contributed by atoms with Crippen molar-refractivity contribution in [1.29, 1.82) is 0 Å². The first-order valence-electron chi connectivity index (χ1n) is 8.04. The van der Waals surface area contributed by atoms with Gasteiger partial charge < -0.3 is 15.0 Å². The van der Waals surface area contributed by atoms with Gasteiger partial charge in [-0.05, 0) is 19.8 Å². The van der Waals surface area contributed by atoms with Crippen LogP contribution in [0.3, 0.4) is 0 Å². The molecule has 1 saturated heterocycles. The molecule has 2 rings (SSSR count). The lowest BCUT2D eigenvalue weighted by atomic mass is 10.1. The van der Waals surface area contributed by atoms with Crippen LogP contribution in [0.1, 0.15) is 38.1 Å². The molecule has 0 amide bonds. The second-order valence-corrected chi connectivity index (χ2v) is 5.77. The van der Waals surface area contributed by atoms with Crippen molar-refractivity contribution in [3.05, 3.63) is 11.4 Å². The summed E-state index contributed by atoms with van der Waals surface area (Å²) in [5.74, 6) is 3.62. The summed E-state index contributed by atoms with van der Waals surface area (Å²) >= 11 is 0. The van der Waals surface area contributed by atoms with E-state index in [0.717, 1.165) is 56.5 Å². The van der Waals surface area contributed by atoms with Crippen LogP contribution < -0.4 is 10.2 Å². The highest BCUT2D eigenvalue weighted by atomic mass is 16.5. The number of hydrogen-bond acceptors (Lipinski definition) is 5. The van der Waals surface area contributed by atoms with Gasteiger partial charge in [0.25, 0.3) is 0 Å². The molecule has 1 aromatic heterocycles. The Hall–Kier alpha value is -1.36. The maximum absolute atomic E-state index is 5.29. The first-order chi connectivity index (χ1) is 10.2. The molecule has 5 heteroatoms. The van der Waals surface area contributed by atoms with Gasteiger partial charge in [0.2, 0.25) is 0 Å². The summed E-state index contributed by atoms with van der Waals surface area (Å²) in [6.07, 6.45) is 3.14. The van der Waals surface area contributed by atoms with Gasteiger partial charge in [0.05, 0.1) is 6.61 Å². The minimum atomic E-state index is 0.612. The molecule has 1 aliphatic heterocycles. The zero-order valence-electron chi connectivity index (χ0n) is 13.8. The van der Waals surface area contributed by atoms with Gasteiger partial charge >= 0.3 is 0 Å². The average molecular weight is 292 g/mol. The minimum absolute atomic E-state index is 0.612. The highest BCUT2D eigenvalue weighted by Gasteiger charge is 2.25. The Balaban J connectivity index is 2.21. The van der Waals surface area contributed by atoms with Crippen molar-refractivity contribution >= 4 is 11.6 Å². The number of nitrogens with one attached hydrogen (secondary N) is 1. The Labute approximate surface area is 128 Å². The van der Waals surface area contributed by atoms with Crippen LogP contribution in [0.25, 0.3) is 0 Å². The monoisotopic (exact) mass is 292 g/mol. The second-order valence-electron chi connectivity index (χ2n) is 5.77. The maximum atomic E-state index is 5.29. The summed E-state index contributed by atoms with van der Waals surface area (Å²) in [5.41, 5.74) is 1.17. The quantitative estimate of drug-likeness (QED) is 0.837. The van der Waals surface area contributed by atoms with Crippen LogP contribution in [0.15, 0.2) is 0 Å². The molecule has 0 radical (unpaired) electrons. The van der Waals surface area contributed by atoms with E-state index in [0.29, 0.717) is 5.92 Å². The van der Waals surface area contributed by atoms with Crippen LogP contribution in [0.4, 0.5) is 11.6 Å². The van der Waals surface area contributed by atoms with E-state index in [1.807, 2.05) is 0 Å². The van der Waals surface area contributed by atoms with Crippen LogP contribution >= 0.6 is 0 Å². The largest absolute Gasteiger partial charge is 0.384 e. The summed E-state index contributed by atoms with van der Waals surface area (Å²) in [4.78, 5) is 11.8. The molecular weight excluding hydrogens is 264 g/mol. The Kier molecular flexibility index (Phi) is 5.79. The standard InChI is InChI=1S/C16H28N4O/c1-5-8-17-15-12(3)16(19-14(6-2)18-15)20-9-7-13(10-20)11-21-4/h13H,5-11H2,1-4H3,(H,17,18,19). The van der Waals surface area contributed by atoms with Crippen LogP contribution in [0, 0.1) is 12.8 Å². The second kappa shape index (κ2) is 7.59. The zero-order chi connectivity index (χ0) is 15.2. The molecule has 0 aromatic carbocycles. The highest BCUT2D eigenvalue weighted by molar-refractivity contribution is 5.59. The molecule has 1 atom stereocenters. The molecule has 0 bridgehead atoms. The molecule has 21 heavy (non-hydrogen) atoms. The molecular formula is C16H28N4O. The lowest BCUT2D eigenvalue weighted by Gasteiger charge is -2.22. The predicted molar refractivity (Wildman–Crippen MR) is 87.1 cm³/mol. The smallest absolute Gasteiger partial charge is 0.137 e. The molecule has 0 spiro atoms. The van der Waals surface area contributed by atoms with Gasteiger partial charge in [0.15, 0.2) is 0 Å². The zero-order valence-corrected chi connectivity index (χ0v) is 13.8. The highest BCUT2D eigenvalue weighted by Crippen LogP contribution is 2.28. The van der Waals surface area contributed by atoms with Crippen molar-refractivity contribution in [3.8, 4) is 0 Å². The third-order valence-electron chi connectivity index (χ3n) is 4.01. The third kappa shape index (κ3) is 3.84. The fraction of sp³-hybridized carbons (Fsp3) is 0.750. The van der Waals surface area contributed by atoms with Gasteiger partial charge in [-0.15, -0.1) is 0 Å². The first kappa shape index (κ1) is 16.0. The maximum Gasteiger partial charge on any atom is 0.137 e. The number of aromatic nitrogens is 2. The van der Waals surface area contributed by atoms with E-state index in [1.54, 1.807) is 7.11 Å². The van der Waals surface area contributed by atoms with Gasteiger partial charge in [0.1, 0.15) is 17.5 Å². The molecule has 118 valence electrons. The number of methoxy groups -OCH3 is 1. The summed E-state index contributed by atoms with van der Waals surface area (Å²) in [6, 6.07) is 0. The summed E-state index contributed by atoms with van der Waals surface area (Å²) in [6.45, 7) is 10.3. The van der Waals surface area contributed by atoms with Crippen molar-refractivity contribution in [3.63, 3.8) is 0 Å². The number of aryl methyl sites for hydroxylation is 1. The van der Waals surface area contributed by atoms with E-state index in [-0.39, 0.29) is 0 Å². The fourth-order valence-corrected chi connectivity index (χ4v) is 2.83. The Bertz CT molecular complexity index is 464. The van der Waals surface area contributed by atoms with Gasteiger partial charge in [0, 0.05) is 44.6 Å². The van der Waals surface area contributed by atoms with Crippen molar-refractivity contribution in [1.82, 2.24) is 9.97 Å². The molecule has 1 aliphatic rings. The number of anilines is 2. The predicted octanol–water partition coefficient (Wildman–Crippen LogP) is 2.64. The average Bonchev–Trinajstić information content (AvgIpc) is 2.95. The molecule has 1 fully saturated rings. The van der Waals surface area contributed by atoms with Crippen molar-refractivity contribution in [2.24, 2.45) is 5.92 Å². The van der Waals surface area contributed by atoms with E-state index in [9.17, 15) is 0 Å². The van der Waals surface area contributed by atoms with Crippen LogP contribution in [0.2, 0.25) is 0 Å². The normalized spacial score (nSPS) is 18.3.